The van der Waals surface area contributed by atoms with Crippen LogP contribution in [0.25, 0.3) is 0 Å². The lowest BCUT2D eigenvalue weighted by Gasteiger charge is -2.26. The van der Waals surface area contributed by atoms with E-state index < -0.39 is 35.4 Å². The summed E-state index contributed by atoms with van der Waals surface area (Å²) in [5, 5.41) is 9.40. The molecule has 0 heterocycles. The van der Waals surface area contributed by atoms with Gasteiger partial charge in [0.15, 0.2) is 11.5 Å². The zero-order chi connectivity index (χ0) is 15.7. The Hall–Kier alpha value is -1.90. The predicted molar refractivity (Wildman–Crippen MR) is 57.3 cm³/mol. The molecule has 0 aliphatic heterocycles. The molecule has 9 heteroatoms. The minimum absolute atomic E-state index is 0.372. The number of phenols is 1. The summed E-state index contributed by atoms with van der Waals surface area (Å²) in [5.74, 6) is -7.10. The molecule has 0 saturated heterocycles. The van der Waals surface area contributed by atoms with Crippen LogP contribution >= 0.6 is 0 Å². The van der Waals surface area contributed by atoms with Crippen molar-refractivity contribution in [2.45, 2.75) is 25.1 Å². The Morgan fingerprint density at radius 1 is 1.30 bits per heavy atom. The second-order valence-corrected chi connectivity index (χ2v) is 3.92. The highest BCUT2D eigenvalue weighted by atomic mass is 19.4. The summed E-state index contributed by atoms with van der Waals surface area (Å²) in [5.41, 5.74) is 4.24. The van der Waals surface area contributed by atoms with Crippen molar-refractivity contribution < 1.29 is 36.6 Å². The zero-order valence-corrected chi connectivity index (χ0v) is 10.0. The molecule has 0 spiro atoms. The first-order valence-corrected chi connectivity index (χ1v) is 5.18. The van der Waals surface area contributed by atoms with Crippen LogP contribution in [0.15, 0.2) is 18.2 Å². The monoisotopic (exact) mass is 299 g/mol. The number of rotatable bonds is 3. The van der Waals surface area contributed by atoms with Gasteiger partial charge in [-0.05, 0) is 17.7 Å². The predicted octanol–water partition coefficient (Wildman–Crippen LogP) is 2.51. The van der Waals surface area contributed by atoms with E-state index in [0.29, 0.717) is 6.07 Å². The van der Waals surface area contributed by atoms with Crippen LogP contribution in [0.2, 0.25) is 0 Å². The number of phenolic OH excluding ortho intramolecular Hbond substituents is 1. The van der Waals surface area contributed by atoms with E-state index in [1.54, 1.807) is 0 Å². The van der Waals surface area contributed by atoms with Crippen molar-refractivity contribution in [3.8, 4) is 11.5 Å². The van der Waals surface area contributed by atoms with Gasteiger partial charge in [-0.15, -0.1) is 0 Å². The number of carbonyl (C=O) groups excluding carboxylic acids is 1. The molecule has 0 aliphatic rings. The van der Waals surface area contributed by atoms with Crippen molar-refractivity contribution in [3.05, 3.63) is 23.8 Å². The van der Waals surface area contributed by atoms with Crippen LogP contribution in [-0.2, 0) is 4.79 Å². The van der Waals surface area contributed by atoms with Gasteiger partial charge in [0.1, 0.15) is 6.04 Å². The molecule has 1 aromatic rings. The number of benzene rings is 1. The number of aromatic hydroxyl groups is 1. The highest BCUT2D eigenvalue weighted by Crippen LogP contribution is 2.44. The summed E-state index contributed by atoms with van der Waals surface area (Å²) in [6.45, 7) is 1.02. The third-order valence-electron chi connectivity index (χ3n) is 2.36. The van der Waals surface area contributed by atoms with Crippen molar-refractivity contribution in [1.82, 2.24) is 0 Å². The maximum absolute atomic E-state index is 13.0. The first-order chi connectivity index (χ1) is 8.96. The summed E-state index contributed by atoms with van der Waals surface area (Å²) in [6, 6.07) is -0.428. The molecule has 0 saturated carbocycles. The van der Waals surface area contributed by atoms with Gasteiger partial charge in [0.05, 0.1) is 0 Å². The fraction of sp³-hybridized carbons (Fsp3) is 0.364. The van der Waals surface area contributed by atoms with E-state index in [1.165, 1.54) is 0 Å². The smallest absolute Gasteiger partial charge is 0.455 e. The molecule has 0 amide bonds. The molecule has 20 heavy (non-hydrogen) atoms. The Kier molecular flexibility index (Phi) is 4.23. The van der Waals surface area contributed by atoms with E-state index in [2.05, 4.69) is 4.74 Å². The van der Waals surface area contributed by atoms with Crippen molar-refractivity contribution in [2.75, 3.05) is 0 Å². The minimum atomic E-state index is -5.82. The van der Waals surface area contributed by atoms with Crippen molar-refractivity contribution in [1.29, 1.82) is 0 Å². The Balaban J connectivity index is 3.10. The summed E-state index contributed by atoms with van der Waals surface area (Å²) < 4.78 is 67.0. The Bertz CT molecular complexity index is 515. The molecule has 0 aliphatic carbocycles. The number of nitrogens with two attached hydrogens (primary N) is 1. The molecule has 1 aromatic carbocycles. The van der Waals surface area contributed by atoms with E-state index in [1.807, 2.05) is 0 Å². The SMILES string of the molecule is CC(=O)Oc1ccc([C@@H](N)C(F)(F)C(F)(F)F)cc1O. The van der Waals surface area contributed by atoms with E-state index in [-0.39, 0.29) is 5.75 Å². The van der Waals surface area contributed by atoms with Gasteiger partial charge in [-0.2, -0.15) is 22.0 Å². The van der Waals surface area contributed by atoms with Crippen LogP contribution in [0.3, 0.4) is 0 Å². The Labute approximate surface area is 109 Å². The van der Waals surface area contributed by atoms with E-state index in [9.17, 15) is 31.9 Å². The molecule has 1 atom stereocenters. The second kappa shape index (κ2) is 5.23. The number of halogens is 5. The largest absolute Gasteiger partial charge is 0.504 e. The lowest BCUT2D eigenvalue weighted by atomic mass is 10.0. The normalized spacial score (nSPS) is 13.9. The number of ether oxygens (including phenoxy) is 1. The maximum Gasteiger partial charge on any atom is 0.455 e. The molecule has 0 fully saturated rings. The molecule has 112 valence electrons. The van der Waals surface area contributed by atoms with E-state index >= 15 is 0 Å². The van der Waals surface area contributed by atoms with Gasteiger partial charge in [-0.3, -0.25) is 4.79 Å². The highest BCUT2D eigenvalue weighted by molar-refractivity contribution is 5.70. The van der Waals surface area contributed by atoms with Crippen LogP contribution in [0.4, 0.5) is 22.0 Å². The molecular formula is C11H10F5NO3. The minimum Gasteiger partial charge on any atom is -0.504 e. The Morgan fingerprint density at radius 3 is 2.25 bits per heavy atom. The van der Waals surface area contributed by atoms with Crippen LogP contribution < -0.4 is 10.5 Å². The number of alkyl halides is 5. The standard InChI is InChI=1S/C11H10F5NO3/c1-5(18)20-8-3-2-6(4-7(8)19)9(17)10(12,13)11(14,15)16/h2-4,9,19H,17H2,1H3/t9-/m1/s1. The second-order valence-electron chi connectivity index (χ2n) is 3.92. The van der Waals surface area contributed by atoms with Gasteiger partial charge in [0.25, 0.3) is 0 Å². The van der Waals surface area contributed by atoms with Crippen LogP contribution in [0.5, 0.6) is 11.5 Å². The fourth-order valence-corrected chi connectivity index (χ4v) is 1.35. The highest BCUT2D eigenvalue weighted by Gasteiger charge is 2.61. The number of hydrogen-bond donors (Lipinski definition) is 2. The molecular weight excluding hydrogens is 289 g/mol. The molecule has 3 N–H and O–H groups in total. The van der Waals surface area contributed by atoms with E-state index in [0.717, 1.165) is 19.1 Å². The third kappa shape index (κ3) is 3.16. The quantitative estimate of drug-likeness (QED) is 0.511. The number of esters is 1. The van der Waals surface area contributed by atoms with Gasteiger partial charge in [0, 0.05) is 6.92 Å². The Morgan fingerprint density at radius 2 is 1.85 bits per heavy atom. The van der Waals surface area contributed by atoms with Crippen molar-refractivity contribution in [3.63, 3.8) is 0 Å². The van der Waals surface area contributed by atoms with E-state index in [4.69, 9.17) is 5.73 Å². The maximum atomic E-state index is 13.0. The van der Waals surface area contributed by atoms with Crippen LogP contribution in [0, 0.1) is 0 Å². The van der Waals surface area contributed by atoms with Gasteiger partial charge in [0.2, 0.25) is 0 Å². The van der Waals surface area contributed by atoms with Gasteiger partial charge < -0.3 is 15.6 Å². The van der Waals surface area contributed by atoms with Crippen molar-refractivity contribution >= 4 is 5.97 Å². The zero-order valence-electron chi connectivity index (χ0n) is 10.0. The first-order valence-electron chi connectivity index (χ1n) is 5.18. The summed E-state index contributed by atoms with van der Waals surface area (Å²) in [4.78, 5) is 10.6. The average Bonchev–Trinajstić information content (AvgIpc) is 2.28. The third-order valence-corrected chi connectivity index (χ3v) is 2.36. The average molecular weight is 299 g/mol. The molecule has 0 aromatic heterocycles. The van der Waals surface area contributed by atoms with Gasteiger partial charge in [-0.1, -0.05) is 6.07 Å². The summed E-state index contributed by atoms with van der Waals surface area (Å²) >= 11 is 0. The summed E-state index contributed by atoms with van der Waals surface area (Å²) in [7, 11) is 0. The van der Waals surface area contributed by atoms with Crippen LogP contribution in [0.1, 0.15) is 18.5 Å². The molecule has 0 unspecified atom stereocenters. The number of carbonyl (C=O) groups is 1. The topological polar surface area (TPSA) is 72.5 Å². The lowest BCUT2D eigenvalue weighted by molar-refractivity contribution is -0.291. The molecule has 1 rings (SSSR count). The molecule has 4 nitrogen and oxygen atoms in total. The van der Waals surface area contributed by atoms with Crippen molar-refractivity contribution in [2.24, 2.45) is 5.73 Å². The lowest BCUT2D eigenvalue weighted by Crippen LogP contribution is -2.45. The fourth-order valence-electron chi connectivity index (χ4n) is 1.35. The van der Waals surface area contributed by atoms with Crippen LogP contribution in [-0.4, -0.2) is 23.2 Å². The molecule has 0 radical (unpaired) electrons. The van der Waals surface area contributed by atoms with Gasteiger partial charge in [-0.25, -0.2) is 0 Å². The molecule has 0 bridgehead atoms. The van der Waals surface area contributed by atoms with Gasteiger partial charge >= 0.3 is 18.1 Å². The first kappa shape index (κ1) is 16.2. The summed E-state index contributed by atoms with van der Waals surface area (Å²) in [6.07, 6.45) is -5.82. The number of hydrogen-bond acceptors (Lipinski definition) is 4.